The topological polar surface area (TPSA) is 37.4 Å². The van der Waals surface area contributed by atoms with Gasteiger partial charge in [-0.2, -0.15) is 0 Å². The molecule has 1 saturated heterocycles. The van der Waals surface area contributed by atoms with E-state index in [-0.39, 0.29) is 5.41 Å². The minimum absolute atomic E-state index is 0.175. The standard InChI is InChI=1S/C17H27N3O/c1-4-21-15-12-14(17(15,2)3)19-13-8-7-9-18-16(13)20-10-5-6-11-20/h7-9,14-15,19H,4-6,10-12H2,1-3H3. The average Bonchev–Trinajstić information content (AvgIpc) is 3.01. The number of rotatable bonds is 5. The molecule has 1 N–H and O–H groups in total. The van der Waals surface area contributed by atoms with Gasteiger partial charge in [0.25, 0.3) is 0 Å². The van der Waals surface area contributed by atoms with Crippen molar-refractivity contribution in [3.63, 3.8) is 0 Å². The maximum Gasteiger partial charge on any atom is 0.151 e. The summed E-state index contributed by atoms with van der Waals surface area (Å²) >= 11 is 0. The molecular weight excluding hydrogens is 262 g/mol. The van der Waals surface area contributed by atoms with Gasteiger partial charge in [0.15, 0.2) is 5.82 Å². The van der Waals surface area contributed by atoms with Crippen LogP contribution in [0.1, 0.15) is 40.0 Å². The molecule has 0 spiro atoms. The maximum absolute atomic E-state index is 5.83. The lowest BCUT2D eigenvalue weighted by Crippen LogP contribution is -2.58. The Kier molecular flexibility index (Phi) is 4.07. The normalized spacial score (nSPS) is 27.5. The highest BCUT2D eigenvalue weighted by Gasteiger charge is 2.49. The molecule has 0 aromatic carbocycles. The van der Waals surface area contributed by atoms with Gasteiger partial charge in [0.2, 0.25) is 0 Å². The Morgan fingerprint density at radius 2 is 2.14 bits per heavy atom. The zero-order valence-corrected chi connectivity index (χ0v) is 13.4. The molecule has 4 heteroatoms. The van der Waals surface area contributed by atoms with Crippen LogP contribution in [0.3, 0.4) is 0 Å². The SMILES string of the molecule is CCOC1CC(Nc2cccnc2N2CCCC2)C1(C)C. The fraction of sp³-hybridized carbons (Fsp3) is 0.706. The van der Waals surface area contributed by atoms with Gasteiger partial charge >= 0.3 is 0 Å². The van der Waals surface area contributed by atoms with Crippen LogP contribution in [-0.2, 0) is 4.74 Å². The summed E-state index contributed by atoms with van der Waals surface area (Å²) in [5.41, 5.74) is 1.35. The Morgan fingerprint density at radius 3 is 2.81 bits per heavy atom. The van der Waals surface area contributed by atoms with Gasteiger partial charge in [-0.15, -0.1) is 0 Å². The van der Waals surface area contributed by atoms with E-state index in [0.717, 1.165) is 31.9 Å². The molecule has 2 fully saturated rings. The van der Waals surface area contributed by atoms with Crippen LogP contribution in [0.4, 0.5) is 11.5 Å². The molecule has 116 valence electrons. The van der Waals surface area contributed by atoms with Crippen LogP contribution in [0, 0.1) is 5.41 Å². The van der Waals surface area contributed by atoms with E-state index < -0.39 is 0 Å². The monoisotopic (exact) mass is 289 g/mol. The summed E-state index contributed by atoms with van der Waals surface area (Å²) in [5, 5.41) is 3.72. The number of anilines is 2. The first-order valence-electron chi connectivity index (χ1n) is 8.21. The van der Waals surface area contributed by atoms with Gasteiger partial charge in [-0.1, -0.05) is 13.8 Å². The Labute approximate surface area is 127 Å². The lowest BCUT2D eigenvalue weighted by atomic mass is 9.64. The molecule has 1 aliphatic carbocycles. The molecule has 1 aromatic heterocycles. The zero-order valence-electron chi connectivity index (χ0n) is 13.4. The smallest absolute Gasteiger partial charge is 0.151 e. The molecule has 2 atom stereocenters. The van der Waals surface area contributed by atoms with Gasteiger partial charge < -0.3 is 15.0 Å². The predicted molar refractivity (Wildman–Crippen MR) is 86.9 cm³/mol. The molecule has 1 saturated carbocycles. The van der Waals surface area contributed by atoms with Crippen molar-refractivity contribution in [2.45, 2.75) is 52.2 Å². The highest BCUT2D eigenvalue weighted by atomic mass is 16.5. The minimum Gasteiger partial charge on any atom is -0.379 e. The third kappa shape index (κ3) is 2.73. The van der Waals surface area contributed by atoms with Crippen molar-refractivity contribution in [2.24, 2.45) is 5.41 Å². The van der Waals surface area contributed by atoms with E-state index in [1.807, 2.05) is 12.3 Å². The number of nitrogens with zero attached hydrogens (tertiary/aromatic N) is 2. The van der Waals surface area contributed by atoms with Crippen molar-refractivity contribution in [1.82, 2.24) is 4.98 Å². The van der Waals surface area contributed by atoms with Gasteiger partial charge in [0.1, 0.15) is 0 Å². The lowest BCUT2D eigenvalue weighted by Gasteiger charge is -2.52. The number of ether oxygens (including phenoxy) is 1. The summed E-state index contributed by atoms with van der Waals surface area (Å²) in [6, 6.07) is 4.64. The van der Waals surface area contributed by atoms with Crippen molar-refractivity contribution < 1.29 is 4.74 Å². The fourth-order valence-electron chi connectivity index (χ4n) is 3.49. The van der Waals surface area contributed by atoms with Crippen LogP contribution in [0.5, 0.6) is 0 Å². The fourth-order valence-corrected chi connectivity index (χ4v) is 3.49. The average molecular weight is 289 g/mol. The Balaban J connectivity index is 1.71. The molecule has 0 bridgehead atoms. The van der Waals surface area contributed by atoms with Crippen LogP contribution < -0.4 is 10.2 Å². The molecular formula is C17H27N3O. The molecule has 21 heavy (non-hydrogen) atoms. The summed E-state index contributed by atoms with van der Waals surface area (Å²) in [5.74, 6) is 1.12. The summed E-state index contributed by atoms with van der Waals surface area (Å²) in [4.78, 5) is 7.00. The van der Waals surface area contributed by atoms with Gasteiger partial charge in [0.05, 0.1) is 11.8 Å². The van der Waals surface area contributed by atoms with E-state index in [9.17, 15) is 0 Å². The van der Waals surface area contributed by atoms with Gasteiger partial charge in [-0.25, -0.2) is 4.98 Å². The summed E-state index contributed by atoms with van der Waals surface area (Å²) < 4.78 is 5.83. The molecule has 4 nitrogen and oxygen atoms in total. The number of aromatic nitrogens is 1. The van der Waals surface area contributed by atoms with Crippen LogP contribution >= 0.6 is 0 Å². The zero-order chi connectivity index (χ0) is 14.9. The van der Waals surface area contributed by atoms with E-state index in [1.165, 1.54) is 18.5 Å². The molecule has 0 radical (unpaired) electrons. The first-order valence-corrected chi connectivity index (χ1v) is 8.21. The van der Waals surface area contributed by atoms with Crippen molar-refractivity contribution in [1.29, 1.82) is 0 Å². The molecule has 3 rings (SSSR count). The molecule has 2 aliphatic rings. The first kappa shape index (κ1) is 14.6. The number of pyridine rings is 1. The van der Waals surface area contributed by atoms with E-state index >= 15 is 0 Å². The highest BCUT2D eigenvalue weighted by Crippen LogP contribution is 2.45. The number of hydrogen-bond donors (Lipinski definition) is 1. The highest BCUT2D eigenvalue weighted by molar-refractivity contribution is 5.66. The summed E-state index contributed by atoms with van der Waals surface area (Å²) in [6.07, 6.45) is 5.89. The van der Waals surface area contributed by atoms with E-state index in [1.54, 1.807) is 0 Å². The first-order chi connectivity index (χ1) is 10.1. The van der Waals surface area contributed by atoms with Crippen molar-refractivity contribution >= 4 is 11.5 Å². The maximum atomic E-state index is 5.83. The van der Waals surface area contributed by atoms with Crippen LogP contribution in [0.2, 0.25) is 0 Å². The lowest BCUT2D eigenvalue weighted by molar-refractivity contribution is -0.0975. The Bertz CT molecular complexity index is 483. The van der Waals surface area contributed by atoms with E-state index in [0.29, 0.717) is 12.1 Å². The molecule has 0 amide bonds. The third-order valence-corrected chi connectivity index (χ3v) is 5.07. The second-order valence-corrected chi connectivity index (χ2v) is 6.77. The Hall–Kier alpha value is -1.29. The minimum atomic E-state index is 0.175. The molecule has 2 heterocycles. The number of nitrogens with one attached hydrogen (secondary N) is 1. The number of hydrogen-bond acceptors (Lipinski definition) is 4. The van der Waals surface area contributed by atoms with Crippen LogP contribution in [0.15, 0.2) is 18.3 Å². The molecule has 1 aromatic rings. The largest absolute Gasteiger partial charge is 0.379 e. The van der Waals surface area contributed by atoms with E-state index in [4.69, 9.17) is 4.74 Å². The van der Waals surface area contributed by atoms with Crippen molar-refractivity contribution in [3.8, 4) is 0 Å². The third-order valence-electron chi connectivity index (χ3n) is 5.07. The second-order valence-electron chi connectivity index (χ2n) is 6.77. The van der Waals surface area contributed by atoms with Crippen molar-refractivity contribution in [2.75, 3.05) is 29.9 Å². The van der Waals surface area contributed by atoms with Gasteiger partial charge in [-0.05, 0) is 38.3 Å². The van der Waals surface area contributed by atoms with Gasteiger partial charge in [-0.3, -0.25) is 0 Å². The van der Waals surface area contributed by atoms with Crippen LogP contribution in [0.25, 0.3) is 0 Å². The molecule has 2 unspecified atom stereocenters. The summed E-state index contributed by atoms with van der Waals surface area (Å²) in [6.45, 7) is 9.71. The Morgan fingerprint density at radius 1 is 1.38 bits per heavy atom. The van der Waals surface area contributed by atoms with E-state index in [2.05, 4.69) is 42.0 Å². The van der Waals surface area contributed by atoms with Crippen molar-refractivity contribution in [3.05, 3.63) is 18.3 Å². The van der Waals surface area contributed by atoms with Gasteiger partial charge in [0, 0.05) is 37.4 Å². The van der Waals surface area contributed by atoms with Crippen LogP contribution in [-0.4, -0.2) is 36.8 Å². The molecule has 1 aliphatic heterocycles. The predicted octanol–water partition coefficient (Wildman–Crippen LogP) is 3.30. The second kappa shape index (κ2) is 5.84. The summed E-state index contributed by atoms with van der Waals surface area (Å²) in [7, 11) is 0. The quantitative estimate of drug-likeness (QED) is 0.902.